The van der Waals surface area contributed by atoms with Gasteiger partial charge in [-0.15, -0.1) is 0 Å². The van der Waals surface area contributed by atoms with Crippen LogP contribution < -0.4 is 11.1 Å². The van der Waals surface area contributed by atoms with E-state index in [1.165, 1.54) is 0 Å². The van der Waals surface area contributed by atoms with Gasteiger partial charge in [0.25, 0.3) is 0 Å². The largest absolute Gasteiger partial charge is 0.392 e. The number of nitrogens with two attached hydrogens (primary N) is 1. The Morgan fingerprint density at radius 3 is 2.43 bits per heavy atom. The van der Waals surface area contributed by atoms with Crippen molar-refractivity contribution in [1.29, 1.82) is 0 Å². The van der Waals surface area contributed by atoms with Crippen LogP contribution in [-0.4, -0.2) is 17.4 Å². The van der Waals surface area contributed by atoms with Crippen molar-refractivity contribution in [3.63, 3.8) is 0 Å². The van der Waals surface area contributed by atoms with Gasteiger partial charge in [0.05, 0.1) is 10.4 Å². The second kappa shape index (κ2) is 5.29. The van der Waals surface area contributed by atoms with Crippen LogP contribution in [0.25, 0.3) is 0 Å². The fourth-order valence-electron chi connectivity index (χ4n) is 0.744. The molecule has 0 rings (SSSR count). The van der Waals surface area contributed by atoms with Crippen molar-refractivity contribution in [2.45, 2.75) is 34.1 Å². The number of hydrogen-bond acceptors (Lipinski definition) is 2. The summed E-state index contributed by atoms with van der Waals surface area (Å²) >= 11 is 4.83. The Balaban J connectivity index is 4.15. The van der Waals surface area contributed by atoms with E-state index in [0.717, 1.165) is 6.42 Å². The Hall–Kier alpha value is -0.640. The molecule has 0 saturated heterocycles. The highest BCUT2D eigenvalue weighted by atomic mass is 32.1. The third-order valence-corrected chi connectivity index (χ3v) is 3.00. The molecule has 3 N–H and O–H groups in total. The Morgan fingerprint density at radius 2 is 2.07 bits per heavy atom. The maximum Gasteiger partial charge on any atom is 0.232 e. The lowest BCUT2D eigenvalue weighted by atomic mass is 9.92. The number of amides is 1. The van der Waals surface area contributed by atoms with Crippen LogP contribution in [0.3, 0.4) is 0 Å². The first-order valence-electron chi connectivity index (χ1n) is 4.90. The summed E-state index contributed by atoms with van der Waals surface area (Å²) in [7, 11) is 0. The SMILES string of the molecule is CCC(C)CNC(=O)C(C)(C)C(N)=S. The van der Waals surface area contributed by atoms with Gasteiger partial charge in [0.2, 0.25) is 5.91 Å². The van der Waals surface area contributed by atoms with Gasteiger partial charge >= 0.3 is 0 Å². The highest BCUT2D eigenvalue weighted by molar-refractivity contribution is 7.80. The molecular weight excluding hydrogens is 196 g/mol. The van der Waals surface area contributed by atoms with E-state index in [9.17, 15) is 4.79 Å². The van der Waals surface area contributed by atoms with Crippen LogP contribution in [0.5, 0.6) is 0 Å². The maximum absolute atomic E-state index is 11.6. The van der Waals surface area contributed by atoms with Crippen molar-refractivity contribution in [2.75, 3.05) is 6.54 Å². The molecule has 1 unspecified atom stereocenters. The van der Waals surface area contributed by atoms with E-state index in [-0.39, 0.29) is 10.9 Å². The molecule has 0 aliphatic carbocycles. The summed E-state index contributed by atoms with van der Waals surface area (Å²) in [6, 6.07) is 0. The van der Waals surface area contributed by atoms with Gasteiger partial charge in [0.15, 0.2) is 0 Å². The van der Waals surface area contributed by atoms with Crippen LogP contribution in [0.4, 0.5) is 0 Å². The molecule has 3 nitrogen and oxygen atoms in total. The lowest BCUT2D eigenvalue weighted by Gasteiger charge is -2.22. The van der Waals surface area contributed by atoms with Crippen LogP contribution in [-0.2, 0) is 4.79 Å². The molecular formula is C10H20N2OS. The molecule has 0 fully saturated rings. The Labute approximate surface area is 91.4 Å². The number of carbonyl (C=O) groups excluding carboxylic acids is 1. The average Bonchev–Trinajstić information content (AvgIpc) is 2.12. The summed E-state index contributed by atoms with van der Waals surface area (Å²) in [4.78, 5) is 11.9. The van der Waals surface area contributed by atoms with E-state index in [4.69, 9.17) is 18.0 Å². The predicted molar refractivity (Wildman–Crippen MR) is 63.0 cm³/mol. The minimum absolute atomic E-state index is 0.0923. The zero-order chi connectivity index (χ0) is 11.4. The summed E-state index contributed by atoms with van der Waals surface area (Å²) < 4.78 is 0. The molecule has 82 valence electrons. The number of nitrogens with one attached hydrogen (secondary N) is 1. The summed E-state index contributed by atoms with van der Waals surface area (Å²) in [5.74, 6) is 0.395. The van der Waals surface area contributed by atoms with Crippen molar-refractivity contribution in [3.8, 4) is 0 Å². The molecule has 0 saturated carbocycles. The molecule has 4 heteroatoms. The van der Waals surface area contributed by atoms with Crippen LogP contribution in [0.15, 0.2) is 0 Å². The molecule has 0 spiro atoms. The van der Waals surface area contributed by atoms with Gasteiger partial charge < -0.3 is 11.1 Å². The fourth-order valence-corrected chi connectivity index (χ4v) is 0.837. The van der Waals surface area contributed by atoms with Crippen LogP contribution >= 0.6 is 12.2 Å². The van der Waals surface area contributed by atoms with Crippen LogP contribution in [0, 0.1) is 11.3 Å². The number of thiocarbonyl (C=S) groups is 1. The Morgan fingerprint density at radius 1 is 1.57 bits per heavy atom. The quantitative estimate of drug-likeness (QED) is 0.684. The van der Waals surface area contributed by atoms with Gasteiger partial charge in [0, 0.05) is 6.54 Å². The minimum Gasteiger partial charge on any atom is -0.392 e. The highest BCUT2D eigenvalue weighted by Gasteiger charge is 2.30. The molecule has 0 aromatic rings. The van der Waals surface area contributed by atoms with Crippen molar-refractivity contribution in [3.05, 3.63) is 0 Å². The molecule has 14 heavy (non-hydrogen) atoms. The van der Waals surface area contributed by atoms with Gasteiger partial charge in [-0.25, -0.2) is 0 Å². The number of carbonyl (C=O) groups is 1. The minimum atomic E-state index is -0.747. The standard InChI is InChI=1S/C10H20N2OS/c1-5-7(2)6-12-9(13)10(3,4)8(11)14/h7H,5-6H2,1-4H3,(H2,11,14)(H,12,13). The molecule has 0 bridgehead atoms. The lowest BCUT2D eigenvalue weighted by molar-refractivity contribution is -0.126. The van der Waals surface area contributed by atoms with E-state index < -0.39 is 5.41 Å². The van der Waals surface area contributed by atoms with Gasteiger partial charge in [-0.05, 0) is 19.8 Å². The first kappa shape index (κ1) is 13.4. The molecule has 0 aliphatic heterocycles. The first-order valence-corrected chi connectivity index (χ1v) is 5.31. The van der Waals surface area contributed by atoms with Crippen molar-refractivity contribution in [2.24, 2.45) is 17.1 Å². The second-order valence-corrected chi connectivity index (χ2v) is 4.65. The predicted octanol–water partition coefficient (Wildman–Crippen LogP) is 1.46. The first-order chi connectivity index (χ1) is 6.32. The monoisotopic (exact) mass is 216 g/mol. The molecule has 0 aromatic carbocycles. The average molecular weight is 216 g/mol. The van der Waals surface area contributed by atoms with E-state index in [1.807, 2.05) is 0 Å². The number of rotatable bonds is 5. The van der Waals surface area contributed by atoms with Crippen molar-refractivity contribution < 1.29 is 4.79 Å². The molecule has 1 amide bonds. The number of hydrogen-bond donors (Lipinski definition) is 2. The smallest absolute Gasteiger partial charge is 0.232 e. The van der Waals surface area contributed by atoms with Gasteiger partial charge in [-0.1, -0.05) is 32.5 Å². The van der Waals surface area contributed by atoms with Gasteiger partial charge in [-0.2, -0.15) is 0 Å². The zero-order valence-electron chi connectivity index (χ0n) is 9.39. The lowest BCUT2D eigenvalue weighted by Crippen LogP contribution is -2.45. The Bertz CT molecular complexity index is 226. The maximum atomic E-state index is 11.6. The summed E-state index contributed by atoms with van der Waals surface area (Å²) in [6.45, 7) is 8.34. The van der Waals surface area contributed by atoms with E-state index >= 15 is 0 Å². The second-order valence-electron chi connectivity index (χ2n) is 4.21. The molecule has 1 atom stereocenters. The van der Waals surface area contributed by atoms with Crippen molar-refractivity contribution in [1.82, 2.24) is 5.32 Å². The summed E-state index contributed by atoms with van der Waals surface area (Å²) in [5.41, 5.74) is 4.73. The molecule has 0 aromatic heterocycles. The third kappa shape index (κ3) is 3.62. The van der Waals surface area contributed by atoms with E-state index in [0.29, 0.717) is 12.5 Å². The summed E-state index contributed by atoms with van der Waals surface area (Å²) in [6.07, 6.45) is 1.05. The summed E-state index contributed by atoms with van der Waals surface area (Å²) in [5, 5.41) is 2.85. The van der Waals surface area contributed by atoms with E-state index in [2.05, 4.69) is 19.2 Å². The van der Waals surface area contributed by atoms with Gasteiger partial charge in [0.1, 0.15) is 0 Å². The van der Waals surface area contributed by atoms with Crippen molar-refractivity contribution >= 4 is 23.1 Å². The molecule has 0 heterocycles. The van der Waals surface area contributed by atoms with Gasteiger partial charge in [-0.3, -0.25) is 4.79 Å². The highest BCUT2D eigenvalue weighted by Crippen LogP contribution is 2.15. The topological polar surface area (TPSA) is 55.1 Å². The van der Waals surface area contributed by atoms with E-state index in [1.54, 1.807) is 13.8 Å². The zero-order valence-corrected chi connectivity index (χ0v) is 10.2. The van der Waals surface area contributed by atoms with Crippen LogP contribution in [0.1, 0.15) is 34.1 Å². The third-order valence-electron chi connectivity index (χ3n) is 2.49. The fraction of sp³-hybridized carbons (Fsp3) is 0.800. The Kier molecular flexibility index (Phi) is 5.05. The molecule has 0 radical (unpaired) electrons. The van der Waals surface area contributed by atoms with Crippen LogP contribution in [0.2, 0.25) is 0 Å². The molecule has 0 aliphatic rings. The normalized spacial score (nSPS) is 13.4.